The van der Waals surface area contributed by atoms with Crippen LogP contribution in [-0.4, -0.2) is 38.0 Å². The highest BCUT2D eigenvalue weighted by Crippen LogP contribution is 2.36. The van der Waals surface area contributed by atoms with Crippen LogP contribution in [-0.2, 0) is 16.1 Å². The average molecular weight is 462 g/mol. The lowest BCUT2D eigenvalue weighted by molar-refractivity contribution is -0.137. The smallest absolute Gasteiger partial charge is 0.278 e. The van der Waals surface area contributed by atoms with Crippen LogP contribution in [0.2, 0.25) is 0 Å². The number of ether oxygens (including phenoxy) is 3. The van der Waals surface area contributed by atoms with Crippen molar-refractivity contribution < 1.29 is 28.2 Å². The van der Waals surface area contributed by atoms with Crippen molar-refractivity contribution >= 4 is 23.1 Å². The molecule has 34 heavy (non-hydrogen) atoms. The van der Waals surface area contributed by atoms with Gasteiger partial charge in [0.05, 0.1) is 39.1 Å². The Kier molecular flexibility index (Phi) is 6.49. The molecule has 0 spiro atoms. The average Bonchev–Trinajstić information content (AvgIpc) is 3.09. The fraction of sp³-hybridized carbons (Fsp3) is 0.154. The van der Waals surface area contributed by atoms with Crippen LogP contribution in [0.5, 0.6) is 17.2 Å². The Hall–Kier alpha value is -4.33. The SMILES string of the molecule is COc1ccc(NC2=C(c3ccc(F)cc3)C(=O)N(Cc3ccccc3OC)C2=O)c(OC)c1. The molecule has 0 saturated carbocycles. The Morgan fingerprint density at radius 3 is 2.21 bits per heavy atom. The number of amides is 2. The molecule has 8 heteroatoms. The number of nitrogens with one attached hydrogen (secondary N) is 1. The maximum Gasteiger partial charge on any atom is 0.278 e. The zero-order chi connectivity index (χ0) is 24.2. The number of para-hydroxylation sites is 1. The molecule has 3 aromatic carbocycles. The van der Waals surface area contributed by atoms with E-state index >= 15 is 0 Å². The van der Waals surface area contributed by atoms with Gasteiger partial charge in [0.2, 0.25) is 0 Å². The summed E-state index contributed by atoms with van der Waals surface area (Å²) in [4.78, 5) is 28.1. The summed E-state index contributed by atoms with van der Waals surface area (Å²) in [6.45, 7) is 0.0112. The van der Waals surface area contributed by atoms with E-state index in [-0.39, 0.29) is 17.8 Å². The van der Waals surface area contributed by atoms with Crippen molar-refractivity contribution in [2.75, 3.05) is 26.6 Å². The van der Waals surface area contributed by atoms with Gasteiger partial charge in [-0.05, 0) is 35.9 Å². The number of hydrogen-bond acceptors (Lipinski definition) is 6. The standard InChI is InChI=1S/C26H23FN2O5/c1-32-19-12-13-20(22(14-19)34-3)28-24-23(16-8-10-18(27)11-9-16)25(30)29(26(24)31)15-17-6-4-5-7-21(17)33-2/h4-14,28H,15H2,1-3H3. The number of carbonyl (C=O) groups is 2. The quantitative estimate of drug-likeness (QED) is 0.505. The lowest BCUT2D eigenvalue weighted by atomic mass is 10.0. The van der Waals surface area contributed by atoms with E-state index in [1.165, 1.54) is 45.6 Å². The molecule has 0 aromatic heterocycles. The number of methoxy groups -OCH3 is 3. The van der Waals surface area contributed by atoms with Crippen molar-refractivity contribution in [2.45, 2.75) is 6.54 Å². The summed E-state index contributed by atoms with van der Waals surface area (Å²) in [5.74, 6) is 0.0871. The number of halogens is 1. The van der Waals surface area contributed by atoms with Gasteiger partial charge in [0.1, 0.15) is 28.8 Å². The molecule has 7 nitrogen and oxygen atoms in total. The van der Waals surface area contributed by atoms with Gasteiger partial charge in [0.25, 0.3) is 11.8 Å². The minimum absolute atomic E-state index is 0.0112. The summed E-state index contributed by atoms with van der Waals surface area (Å²) < 4.78 is 29.6. The lowest BCUT2D eigenvalue weighted by Crippen LogP contribution is -2.32. The van der Waals surface area contributed by atoms with Crippen LogP contribution >= 0.6 is 0 Å². The van der Waals surface area contributed by atoms with Crippen molar-refractivity contribution in [3.63, 3.8) is 0 Å². The summed E-state index contributed by atoms with van der Waals surface area (Å²) in [5.41, 5.74) is 1.76. The number of hydrogen-bond donors (Lipinski definition) is 1. The summed E-state index contributed by atoms with van der Waals surface area (Å²) >= 11 is 0. The Morgan fingerprint density at radius 1 is 0.824 bits per heavy atom. The van der Waals surface area contributed by atoms with Crippen molar-refractivity contribution in [3.8, 4) is 17.2 Å². The van der Waals surface area contributed by atoms with E-state index in [1.54, 1.807) is 42.5 Å². The number of rotatable bonds is 8. The van der Waals surface area contributed by atoms with Gasteiger partial charge >= 0.3 is 0 Å². The Labute approximate surface area is 196 Å². The molecule has 0 atom stereocenters. The van der Waals surface area contributed by atoms with Crippen molar-refractivity contribution in [2.24, 2.45) is 0 Å². The Balaban J connectivity index is 1.77. The third-order valence-corrected chi connectivity index (χ3v) is 5.49. The maximum absolute atomic E-state index is 13.6. The minimum Gasteiger partial charge on any atom is -0.497 e. The van der Waals surface area contributed by atoms with Crippen LogP contribution in [0, 0.1) is 5.82 Å². The van der Waals surface area contributed by atoms with Gasteiger partial charge in [-0.2, -0.15) is 0 Å². The number of anilines is 1. The zero-order valence-electron chi connectivity index (χ0n) is 18.9. The van der Waals surface area contributed by atoms with Gasteiger partial charge in [0.15, 0.2) is 0 Å². The molecule has 1 heterocycles. The van der Waals surface area contributed by atoms with Gasteiger partial charge in [-0.1, -0.05) is 30.3 Å². The van der Waals surface area contributed by atoms with E-state index in [0.29, 0.717) is 34.1 Å². The van der Waals surface area contributed by atoms with E-state index in [1.807, 2.05) is 0 Å². The van der Waals surface area contributed by atoms with E-state index in [4.69, 9.17) is 14.2 Å². The summed E-state index contributed by atoms with van der Waals surface area (Å²) in [6, 6.07) is 17.6. The first-order valence-electron chi connectivity index (χ1n) is 10.4. The molecular weight excluding hydrogens is 439 g/mol. The van der Waals surface area contributed by atoms with Crippen LogP contribution in [0.15, 0.2) is 72.4 Å². The number of nitrogens with zero attached hydrogens (tertiary/aromatic N) is 1. The van der Waals surface area contributed by atoms with Gasteiger partial charge in [0, 0.05) is 11.6 Å². The van der Waals surface area contributed by atoms with Crippen LogP contribution in [0.4, 0.5) is 10.1 Å². The van der Waals surface area contributed by atoms with E-state index < -0.39 is 17.6 Å². The van der Waals surface area contributed by atoms with E-state index in [0.717, 1.165) is 4.90 Å². The Bertz CT molecular complexity index is 1270. The molecule has 174 valence electrons. The van der Waals surface area contributed by atoms with Crippen LogP contribution < -0.4 is 19.5 Å². The predicted octanol–water partition coefficient (Wildman–Crippen LogP) is 4.24. The monoisotopic (exact) mass is 462 g/mol. The number of carbonyl (C=O) groups excluding carboxylic acids is 2. The second-order valence-electron chi connectivity index (χ2n) is 7.46. The highest BCUT2D eigenvalue weighted by atomic mass is 19.1. The molecule has 1 aliphatic heterocycles. The van der Waals surface area contributed by atoms with Crippen molar-refractivity contribution in [1.82, 2.24) is 4.90 Å². The fourth-order valence-corrected chi connectivity index (χ4v) is 3.76. The zero-order valence-corrected chi connectivity index (χ0v) is 18.9. The second kappa shape index (κ2) is 9.66. The third-order valence-electron chi connectivity index (χ3n) is 5.49. The molecule has 1 aliphatic rings. The fourth-order valence-electron chi connectivity index (χ4n) is 3.76. The second-order valence-corrected chi connectivity index (χ2v) is 7.46. The van der Waals surface area contributed by atoms with Crippen LogP contribution in [0.3, 0.4) is 0 Å². The molecular formula is C26H23FN2O5. The minimum atomic E-state index is -0.520. The molecule has 0 aliphatic carbocycles. The van der Waals surface area contributed by atoms with Gasteiger partial charge in [-0.25, -0.2) is 4.39 Å². The molecule has 2 amide bonds. The van der Waals surface area contributed by atoms with Crippen molar-refractivity contribution in [1.29, 1.82) is 0 Å². The summed E-state index contributed by atoms with van der Waals surface area (Å²) in [7, 11) is 4.55. The lowest BCUT2D eigenvalue weighted by Gasteiger charge is -2.17. The molecule has 0 saturated heterocycles. The first-order valence-corrected chi connectivity index (χ1v) is 10.4. The highest BCUT2D eigenvalue weighted by Gasteiger charge is 2.39. The molecule has 0 radical (unpaired) electrons. The largest absolute Gasteiger partial charge is 0.497 e. The molecule has 0 unspecified atom stereocenters. The normalized spacial score (nSPS) is 13.4. The van der Waals surface area contributed by atoms with E-state index in [9.17, 15) is 14.0 Å². The molecule has 0 bridgehead atoms. The Morgan fingerprint density at radius 2 is 1.53 bits per heavy atom. The molecule has 3 aromatic rings. The highest BCUT2D eigenvalue weighted by molar-refractivity contribution is 6.36. The van der Waals surface area contributed by atoms with Gasteiger partial charge in [-0.3, -0.25) is 14.5 Å². The summed E-state index contributed by atoms with van der Waals surface area (Å²) in [6.07, 6.45) is 0. The molecule has 4 rings (SSSR count). The van der Waals surface area contributed by atoms with Crippen LogP contribution in [0.25, 0.3) is 5.57 Å². The molecule has 0 fully saturated rings. The van der Waals surface area contributed by atoms with Crippen molar-refractivity contribution in [3.05, 3.63) is 89.4 Å². The number of benzene rings is 3. The van der Waals surface area contributed by atoms with E-state index in [2.05, 4.69) is 5.32 Å². The summed E-state index contributed by atoms with van der Waals surface area (Å²) in [5, 5.41) is 3.06. The first kappa shape index (κ1) is 22.8. The van der Waals surface area contributed by atoms with Gasteiger partial charge < -0.3 is 19.5 Å². The van der Waals surface area contributed by atoms with Gasteiger partial charge in [-0.15, -0.1) is 0 Å². The topological polar surface area (TPSA) is 77.1 Å². The number of imide groups is 1. The molecule has 1 N–H and O–H groups in total. The maximum atomic E-state index is 13.6. The predicted molar refractivity (Wildman–Crippen MR) is 125 cm³/mol. The first-order chi connectivity index (χ1) is 16.5. The third kappa shape index (κ3) is 4.30. The van der Waals surface area contributed by atoms with Crippen LogP contribution in [0.1, 0.15) is 11.1 Å².